The van der Waals surface area contributed by atoms with Gasteiger partial charge in [-0.15, -0.1) is 0 Å². The standard InChI is InChI=1S/C16H14ClNO2/c17-14-8-12(16(19)20)6-7-15(14)18-9-13(10-18)11-4-2-1-3-5-11/h1-8,13H,9-10H2,(H,19,20). The lowest BCUT2D eigenvalue weighted by Gasteiger charge is -2.41. The van der Waals surface area contributed by atoms with Gasteiger partial charge in [-0.3, -0.25) is 0 Å². The molecule has 20 heavy (non-hydrogen) atoms. The molecule has 2 aromatic carbocycles. The second-order valence-corrected chi connectivity index (χ2v) is 5.39. The summed E-state index contributed by atoms with van der Waals surface area (Å²) >= 11 is 6.17. The number of carboxylic acids is 1. The van der Waals surface area contributed by atoms with E-state index in [9.17, 15) is 4.79 Å². The summed E-state index contributed by atoms with van der Waals surface area (Å²) in [7, 11) is 0. The van der Waals surface area contributed by atoms with Crippen LogP contribution >= 0.6 is 11.6 Å². The first-order valence-electron chi connectivity index (χ1n) is 6.48. The normalized spacial score (nSPS) is 14.9. The van der Waals surface area contributed by atoms with E-state index in [1.807, 2.05) is 18.2 Å². The fraction of sp³-hybridized carbons (Fsp3) is 0.188. The molecule has 0 spiro atoms. The van der Waals surface area contributed by atoms with Crippen molar-refractivity contribution in [2.75, 3.05) is 18.0 Å². The number of nitrogens with zero attached hydrogens (tertiary/aromatic N) is 1. The monoisotopic (exact) mass is 287 g/mol. The lowest BCUT2D eigenvalue weighted by molar-refractivity contribution is 0.0697. The van der Waals surface area contributed by atoms with Gasteiger partial charge in [-0.2, -0.15) is 0 Å². The molecule has 3 rings (SSSR count). The van der Waals surface area contributed by atoms with Crippen molar-refractivity contribution in [2.24, 2.45) is 0 Å². The van der Waals surface area contributed by atoms with Gasteiger partial charge in [0.2, 0.25) is 0 Å². The van der Waals surface area contributed by atoms with E-state index in [2.05, 4.69) is 17.0 Å². The Morgan fingerprint density at radius 3 is 2.45 bits per heavy atom. The number of rotatable bonds is 3. The zero-order valence-electron chi connectivity index (χ0n) is 10.8. The molecule has 0 bridgehead atoms. The van der Waals surface area contributed by atoms with E-state index < -0.39 is 5.97 Å². The number of benzene rings is 2. The molecule has 0 saturated carbocycles. The van der Waals surface area contributed by atoms with E-state index in [1.165, 1.54) is 11.6 Å². The molecule has 0 unspecified atom stereocenters. The van der Waals surface area contributed by atoms with Crippen LogP contribution in [0.3, 0.4) is 0 Å². The average Bonchev–Trinajstić information content (AvgIpc) is 2.40. The Bertz CT molecular complexity index is 636. The number of aromatic carboxylic acids is 1. The summed E-state index contributed by atoms with van der Waals surface area (Å²) in [5, 5.41) is 9.43. The first-order chi connectivity index (χ1) is 9.65. The van der Waals surface area contributed by atoms with E-state index in [-0.39, 0.29) is 5.56 Å². The van der Waals surface area contributed by atoms with E-state index in [1.54, 1.807) is 12.1 Å². The molecule has 1 fully saturated rings. The molecule has 1 aliphatic rings. The number of hydrogen-bond acceptors (Lipinski definition) is 2. The van der Waals surface area contributed by atoms with Gasteiger partial charge in [0.15, 0.2) is 0 Å². The Balaban J connectivity index is 1.73. The van der Waals surface area contributed by atoms with Crippen LogP contribution in [0.2, 0.25) is 5.02 Å². The van der Waals surface area contributed by atoms with Crippen LogP contribution in [0.4, 0.5) is 5.69 Å². The highest BCUT2D eigenvalue weighted by atomic mass is 35.5. The predicted molar refractivity (Wildman–Crippen MR) is 79.8 cm³/mol. The third kappa shape index (κ3) is 2.37. The zero-order valence-corrected chi connectivity index (χ0v) is 11.5. The molecule has 1 saturated heterocycles. The maximum Gasteiger partial charge on any atom is 0.335 e. The van der Waals surface area contributed by atoms with Gasteiger partial charge in [-0.1, -0.05) is 41.9 Å². The molecule has 0 amide bonds. The Morgan fingerprint density at radius 1 is 1.15 bits per heavy atom. The van der Waals surface area contributed by atoms with Crippen molar-refractivity contribution < 1.29 is 9.90 Å². The second kappa shape index (κ2) is 5.17. The van der Waals surface area contributed by atoms with Crippen LogP contribution < -0.4 is 4.90 Å². The van der Waals surface area contributed by atoms with Crippen LogP contribution in [0.5, 0.6) is 0 Å². The van der Waals surface area contributed by atoms with Crippen molar-refractivity contribution in [3.05, 3.63) is 64.7 Å². The molecule has 1 heterocycles. The van der Waals surface area contributed by atoms with E-state index in [0.717, 1.165) is 18.8 Å². The Kier molecular flexibility index (Phi) is 3.36. The minimum atomic E-state index is -0.954. The maximum atomic E-state index is 10.9. The molecule has 1 N–H and O–H groups in total. The van der Waals surface area contributed by atoms with Crippen molar-refractivity contribution in [1.29, 1.82) is 0 Å². The van der Waals surface area contributed by atoms with Crippen molar-refractivity contribution in [3.63, 3.8) is 0 Å². The maximum absolute atomic E-state index is 10.9. The Hall–Kier alpha value is -2.00. The van der Waals surface area contributed by atoms with Gasteiger partial charge >= 0.3 is 5.97 Å². The lowest BCUT2D eigenvalue weighted by Crippen LogP contribution is -2.45. The predicted octanol–water partition coefficient (Wildman–Crippen LogP) is 3.64. The zero-order chi connectivity index (χ0) is 14.1. The van der Waals surface area contributed by atoms with Crippen molar-refractivity contribution in [2.45, 2.75) is 5.92 Å². The largest absolute Gasteiger partial charge is 0.478 e. The van der Waals surface area contributed by atoms with Crippen LogP contribution in [-0.4, -0.2) is 24.2 Å². The number of hydrogen-bond donors (Lipinski definition) is 1. The van der Waals surface area contributed by atoms with Gasteiger partial charge in [-0.25, -0.2) is 4.79 Å². The average molecular weight is 288 g/mol. The molecule has 0 radical (unpaired) electrons. The minimum Gasteiger partial charge on any atom is -0.478 e. The van der Waals surface area contributed by atoms with Crippen molar-refractivity contribution in [1.82, 2.24) is 0 Å². The molecular weight excluding hydrogens is 274 g/mol. The Labute approximate surface area is 122 Å². The lowest BCUT2D eigenvalue weighted by atomic mass is 9.91. The van der Waals surface area contributed by atoms with Gasteiger partial charge in [0, 0.05) is 19.0 Å². The summed E-state index contributed by atoms with van der Waals surface area (Å²) in [5.41, 5.74) is 2.46. The summed E-state index contributed by atoms with van der Waals surface area (Å²) in [6, 6.07) is 15.3. The van der Waals surface area contributed by atoms with E-state index in [4.69, 9.17) is 16.7 Å². The smallest absolute Gasteiger partial charge is 0.335 e. The second-order valence-electron chi connectivity index (χ2n) is 4.98. The van der Waals surface area contributed by atoms with Crippen LogP contribution in [-0.2, 0) is 0 Å². The van der Waals surface area contributed by atoms with Crippen LogP contribution in [0.25, 0.3) is 0 Å². The highest BCUT2D eigenvalue weighted by Crippen LogP contribution is 2.35. The van der Waals surface area contributed by atoms with Gasteiger partial charge in [0.25, 0.3) is 0 Å². The van der Waals surface area contributed by atoms with Crippen LogP contribution in [0.1, 0.15) is 21.8 Å². The minimum absolute atomic E-state index is 0.221. The third-order valence-corrected chi connectivity index (χ3v) is 3.99. The number of carboxylic acid groups (broad SMARTS) is 1. The van der Waals surface area contributed by atoms with Gasteiger partial charge in [0.1, 0.15) is 0 Å². The molecule has 2 aromatic rings. The molecule has 0 aliphatic carbocycles. The molecule has 0 aromatic heterocycles. The molecular formula is C16H14ClNO2. The van der Waals surface area contributed by atoms with Crippen LogP contribution in [0, 0.1) is 0 Å². The topological polar surface area (TPSA) is 40.5 Å². The van der Waals surface area contributed by atoms with Gasteiger partial charge in [0.05, 0.1) is 16.3 Å². The third-order valence-electron chi connectivity index (χ3n) is 3.69. The van der Waals surface area contributed by atoms with Crippen LogP contribution in [0.15, 0.2) is 48.5 Å². The summed E-state index contributed by atoms with van der Waals surface area (Å²) in [6.07, 6.45) is 0. The summed E-state index contributed by atoms with van der Waals surface area (Å²) < 4.78 is 0. The quantitative estimate of drug-likeness (QED) is 0.937. The fourth-order valence-electron chi connectivity index (χ4n) is 2.51. The summed E-state index contributed by atoms with van der Waals surface area (Å²) in [5.74, 6) is -0.435. The highest BCUT2D eigenvalue weighted by molar-refractivity contribution is 6.33. The molecule has 0 atom stereocenters. The highest BCUT2D eigenvalue weighted by Gasteiger charge is 2.29. The molecule has 3 nitrogen and oxygen atoms in total. The van der Waals surface area contributed by atoms with Gasteiger partial charge < -0.3 is 10.0 Å². The SMILES string of the molecule is O=C(O)c1ccc(N2CC(c3ccccc3)C2)c(Cl)c1. The van der Waals surface area contributed by atoms with Crippen molar-refractivity contribution in [3.8, 4) is 0 Å². The summed E-state index contributed by atoms with van der Waals surface area (Å²) in [4.78, 5) is 13.1. The van der Waals surface area contributed by atoms with Gasteiger partial charge in [-0.05, 0) is 23.8 Å². The molecule has 1 aliphatic heterocycles. The first-order valence-corrected chi connectivity index (χ1v) is 6.85. The number of anilines is 1. The number of carbonyl (C=O) groups is 1. The fourth-order valence-corrected chi connectivity index (χ4v) is 2.81. The van der Waals surface area contributed by atoms with E-state index >= 15 is 0 Å². The number of halogens is 1. The first kappa shape index (κ1) is 13.0. The van der Waals surface area contributed by atoms with E-state index in [0.29, 0.717) is 10.9 Å². The van der Waals surface area contributed by atoms with Crippen molar-refractivity contribution >= 4 is 23.3 Å². The summed E-state index contributed by atoms with van der Waals surface area (Å²) in [6.45, 7) is 1.83. The Morgan fingerprint density at radius 2 is 1.85 bits per heavy atom. The molecule has 4 heteroatoms. The molecule has 102 valence electrons.